The fraction of sp³-hybridized carbons (Fsp3) is 0.217. The predicted molar refractivity (Wildman–Crippen MR) is 123 cm³/mol. The third kappa shape index (κ3) is 3.87. The van der Waals surface area contributed by atoms with Crippen molar-refractivity contribution < 1.29 is 17.9 Å². The molecule has 32 heavy (non-hydrogen) atoms. The number of anilines is 1. The van der Waals surface area contributed by atoms with E-state index in [9.17, 15) is 8.42 Å². The van der Waals surface area contributed by atoms with Crippen LogP contribution in [-0.2, 0) is 10.0 Å². The molecule has 0 radical (unpaired) electrons. The maximum Gasteiger partial charge on any atom is 0.266 e. The fourth-order valence-electron chi connectivity index (χ4n) is 3.58. The lowest BCUT2D eigenvalue weighted by molar-refractivity contribution is 0.402. The zero-order chi connectivity index (χ0) is 23.0. The highest BCUT2D eigenvalue weighted by atomic mass is 32.2. The van der Waals surface area contributed by atoms with Gasteiger partial charge in [0.1, 0.15) is 27.7 Å². The summed E-state index contributed by atoms with van der Waals surface area (Å²) in [6.07, 6.45) is 0. The Hall–Kier alpha value is -3.59. The molecule has 166 valence electrons. The number of methoxy groups -OCH3 is 2. The van der Waals surface area contributed by atoms with Crippen LogP contribution in [0.5, 0.6) is 11.5 Å². The lowest BCUT2D eigenvalue weighted by atomic mass is 10.1. The minimum absolute atomic E-state index is 0.0507. The molecule has 1 N–H and O–H groups in total. The molecule has 0 bridgehead atoms. The van der Waals surface area contributed by atoms with E-state index in [2.05, 4.69) is 9.82 Å². The number of sulfonamides is 1. The summed E-state index contributed by atoms with van der Waals surface area (Å²) in [6.45, 7) is 5.57. The average Bonchev–Trinajstić information content (AvgIpc) is 3.12. The van der Waals surface area contributed by atoms with Crippen LogP contribution in [0.4, 0.5) is 5.82 Å². The van der Waals surface area contributed by atoms with Gasteiger partial charge in [0.25, 0.3) is 10.0 Å². The lowest BCUT2D eigenvalue weighted by Crippen LogP contribution is -2.17. The molecule has 0 saturated carbocycles. The quantitative estimate of drug-likeness (QED) is 0.472. The molecule has 0 spiro atoms. The molecule has 2 heterocycles. The van der Waals surface area contributed by atoms with E-state index in [1.165, 1.54) is 11.8 Å². The summed E-state index contributed by atoms with van der Waals surface area (Å²) in [7, 11) is -0.923. The maximum atomic E-state index is 13.2. The van der Waals surface area contributed by atoms with Crippen molar-refractivity contribution >= 4 is 26.7 Å². The third-order valence-corrected chi connectivity index (χ3v) is 6.49. The van der Waals surface area contributed by atoms with Gasteiger partial charge in [-0.15, -0.1) is 0 Å². The van der Waals surface area contributed by atoms with Crippen molar-refractivity contribution in [1.29, 1.82) is 0 Å². The summed E-state index contributed by atoms with van der Waals surface area (Å²) in [5, 5.41) is 5.43. The molecule has 0 aliphatic carbocycles. The Morgan fingerprint density at radius 1 is 0.938 bits per heavy atom. The standard InChI is InChI=1S/C23H24N4O4S/c1-14-9-10-18(30-4)20(11-14)32(28,29)26-22-13-16(3)25-27(22)21-12-15(2)17-7-6-8-19(31-5)23(17)24-21/h6-13,26H,1-5H3. The van der Waals surface area contributed by atoms with Gasteiger partial charge >= 0.3 is 0 Å². The molecule has 0 atom stereocenters. The van der Waals surface area contributed by atoms with Gasteiger partial charge in [0, 0.05) is 11.5 Å². The SMILES string of the molecule is COc1ccc(C)cc1S(=O)(=O)Nc1cc(C)nn1-c1cc(C)c2cccc(OC)c2n1. The summed E-state index contributed by atoms with van der Waals surface area (Å²) in [6, 6.07) is 14.2. The molecule has 0 amide bonds. The molecule has 0 aliphatic rings. The van der Waals surface area contributed by atoms with Crippen molar-refractivity contribution in [2.45, 2.75) is 25.7 Å². The first kappa shape index (κ1) is 21.6. The van der Waals surface area contributed by atoms with E-state index in [4.69, 9.17) is 14.5 Å². The number of nitrogens with one attached hydrogen (secondary N) is 1. The van der Waals surface area contributed by atoms with Crippen LogP contribution in [0.2, 0.25) is 0 Å². The van der Waals surface area contributed by atoms with Crippen LogP contribution in [-0.4, -0.2) is 37.4 Å². The number of pyridine rings is 1. The number of nitrogens with zero attached hydrogens (tertiary/aromatic N) is 3. The summed E-state index contributed by atoms with van der Waals surface area (Å²) >= 11 is 0. The van der Waals surface area contributed by atoms with E-state index >= 15 is 0 Å². The van der Waals surface area contributed by atoms with Crippen LogP contribution in [0.1, 0.15) is 16.8 Å². The van der Waals surface area contributed by atoms with Crippen LogP contribution >= 0.6 is 0 Å². The zero-order valence-electron chi connectivity index (χ0n) is 18.5. The molecule has 0 unspecified atom stereocenters. The Balaban J connectivity index is 1.84. The zero-order valence-corrected chi connectivity index (χ0v) is 19.3. The van der Waals surface area contributed by atoms with Gasteiger partial charge in [0.05, 0.1) is 19.9 Å². The van der Waals surface area contributed by atoms with Crippen molar-refractivity contribution in [1.82, 2.24) is 14.8 Å². The summed E-state index contributed by atoms with van der Waals surface area (Å²) in [4.78, 5) is 4.77. The number of hydrogen-bond acceptors (Lipinski definition) is 6. The van der Waals surface area contributed by atoms with Crippen LogP contribution in [0.15, 0.2) is 53.4 Å². The Bertz CT molecular complexity index is 1430. The number of aryl methyl sites for hydroxylation is 3. The summed E-state index contributed by atoms with van der Waals surface area (Å²) in [5.74, 6) is 1.63. The van der Waals surface area contributed by atoms with E-state index in [1.807, 2.05) is 38.1 Å². The van der Waals surface area contributed by atoms with Gasteiger partial charge in [0.15, 0.2) is 5.82 Å². The lowest BCUT2D eigenvalue weighted by Gasteiger charge is -2.14. The number of benzene rings is 2. The van der Waals surface area contributed by atoms with Gasteiger partial charge in [-0.3, -0.25) is 4.72 Å². The molecule has 9 heteroatoms. The Kier molecular flexibility index (Phi) is 5.52. The van der Waals surface area contributed by atoms with Crippen LogP contribution in [0.25, 0.3) is 16.7 Å². The van der Waals surface area contributed by atoms with Gasteiger partial charge in [0.2, 0.25) is 0 Å². The number of para-hydroxylation sites is 1. The van der Waals surface area contributed by atoms with Gasteiger partial charge in [-0.2, -0.15) is 9.78 Å². The average molecular weight is 453 g/mol. The van der Waals surface area contributed by atoms with Crippen molar-refractivity contribution in [2.24, 2.45) is 0 Å². The molecule has 0 saturated heterocycles. The first-order valence-electron chi connectivity index (χ1n) is 9.92. The van der Waals surface area contributed by atoms with E-state index in [1.54, 1.807) is 38.3 Å². The minimum Gasteiger partial charge on any atom is -0.495 e. The molecule has 4 rings (SSSR count). The number of rotatable bonds is 6. The van der Waals surface area contributed by atoms with Gasteiger partial charge < -0.3 is 9.47 Å². The van der Waals surface area contributed by atoms with Crippen molar-refractivity contribution in [3.8, 4) is 17.3 Å². The van der Waals surface area contributed by atoms with Gasteiger partial charge in [-0.1, -0.05) is 18.2 Å². The largest absolute Gasteiger partial charge is 0.495 e. The Labute approximate surface area is 186 Å². The first-order valence-corrected chi connectivity index (χ1v) is 11.4. The van der Waals surface area contributed by atoms with Crippen molar-refractivity contribution in [3.63, 3.8) is 0 Å². The monoisotopic (exact) mass is 452 g/mol. The predicted octanol–water partition coefficient (Wildman–Crippen LogP) is 4.16. The highest BCUT2D eigenvalue weighted by Crippen LogP contribution is 2.30. The minimum atomic E-state index is -3.95. The number of hydrogen-bond donors (Lipinski definition) is 1. The topological polar surface area (TPSA) is 95.3 Å². The normalized spacial score (nSPS) is 11.5. The fourth-order valence-corrected chi connectivity index (χ4v) is 4.87. The highest BCUT2D eigenvalue weighted by Gasteiger charge is 2.23. The Morgan fingerprint density at radius 2 is 1.69 bits per heavy atom. The molecule has 2 aromatic carbocycles. The van der Waals surface area contributed by atoms with Crippen LogP contribution < -0.4 is 14.2 Å². The molecular formula is C23H24N4O4S. The second kappa shape index (κ2) is 8.16. The number of fused-ring (bicyclic) bond motifs is 1. The number of ether oxygens (including phenoxy) is 2. The second-order valence-electron chi connectivity index (χ2n) is 7.50. The molecule has 0 aliphatic heterocycles. The van der Waals surface area contributed by atoms with Crippen molar-refractivity contribution in [3.05, 3.63) is 65.4 Å². The highest BCUT2D eigenvalue weighted by molar-refractivity contribution is 7.92. The first-order chi connectivity index (χ1) is 15.2. The van der Waals surface area contributed by atoms with Crippen LogP contribution in [0.3, 0.4) is 0 Å². The number of aromatic nitrogens is 3. The van der Waals surface area contributed by atoms with E-state index in [0.29, 0.717) is 22.8 Å². The molecular weight excluding hydrogens is 428 g/mol. The Morgan fingerprint density at radius 3 is 2.41 bits per heavy atom. The molecule has 2 aromatic heterocycles. The van der Waals surface area contributed by atoms with Crippen LogP contribution in [0, 0.1) is 20.8 Å². The van der Waals surface area contributed by atoms with Gasteiger partial charge in [-0.25, -0.2) is 13.4 Å². The van der Waals surface area contributed by atoms with E-state index in [0.717, 1.165) is 16.5 Å². The van der Waals surface area contributed by atoms with E-state index < -0.39 is 10.0 Å². The second-order valence-corrected chi connectivity index (χ2v) is 9.15. The smallest absolute Gasteiger partial charge is 0.266 e. The van der Waals surface area contributed by atoms with Crippen molar-refractivity contribution in [2.75, 3.05) is 18.9 Å². The van der Waals surface area contributed by atoms with E-state index in [-0.39, 0.29) is 16.5 Å². The molecule has 8 nitrogen and oxygen atoms in total. The maximum absolute atomic E-state index is 13.2. The summed E-state index contributed by atoms with van der Waals surface area (Å²) in [5.41, 5.74) is 3.08. The summed E-state index contributed by atoms with van der Waals surface area (Å²) < 4.78 is 41.3. The third-order valence-electron chi connectivity index (χ3n) is 5.11. The molecule has 4 aromatic rings. The molecule has 0 fully saturated rings. The van der Waals surface area contributed by atoms with Gasteiger partial charge in [-0.05, 0) is 56.2 Å².